The minimum Gasteiger partial charge on any atom is -0.478 e. The van der Waals surface area contributed by atoms with E-state index in [1.165, 1.54) is 25.7 Å². The van der Waals surface area contributed by atoms with Crippen molar-refractivity contribution in [3.05, 3.63) is 12.2 Å². The maximum absolute atomic E-state index is 10.7. The van der Waals surface area contributed by atoms with Crippen LogP contribution in [-0.2, 0) is 4.79 Å². The Kier molecular flexibility index (Phi) is 2.59. The first-order valence-electron chi connectivity index (χ1n) is 5.32. The third kappa shape index (κ3) is 2.58. The van der Waals surface area contributed by atoms with Gasteiger partial charge in [-0.3, -0.25) is 4.90 Å². The van der Waals surface area contributed by atoms with E-state index in [1.807, 2.05) is 0 Å². The Hall–Kier alpha value is -0.830. The fraction of sp³-hybridized carbons (Fsp3) is 0.727. The lowest BCUT2D eigenvalue weighted by molar-refractivity contribution is -0.132. The second-order valence-corrected chi connectivity index (χ2v) is 4.51. The molecule has 1 N–H and O–H groups in total. The number of carbonyl (C=O) groups is 1. The lowest BCUT2D eigenvalue weighted by Gasteiger charge is -2.21. The van der Waals surface area contributed by atoms with Gasteiger partial charge in [0.05, 0.1) is 0 Å². The molecule has 0 aromatic carbocycles. The van der Waals surface area contributed by atoms with Crippen molar-refractivity contribution in [1.82, 2.24) is 4.90 Å². The molecule has 3 nitrogen and oxygen atoms in total. The molecular formula is C11H17NO2. The van der Waals surface area contributed by atoms with Crippen LogP contribution >= 0.6 is 0 Å². The van der Waals surface area contributed by atoms with Crippen LogP contribution in [0, 0.1) is 5.92 Å². The van der Waals surface area contributed by atoms with Gasteiger partial charge in [0.15, 0.2) is 0 Å². The second kappa shape index (κ2) is 3.73. The predicted octanol–water partition coefficient (Wildman–Crippen LogP) is 1.50. The molecule has 0 unspecified atom stereocenters. The molecule has 0 amide bonds. The highest BCUT2D eigenvalue weighted by Crippen LogP contribution is 2.34. The van der Waals surface area contributed by atoms with Gasteiger partial charge in [-0.25, -0.2) is 4.79 Å². The van der Waals surface area contributed by atoms with Crippen LogP contribution in [0.2, 0.25) is 0 Å². The molecule has 2 rings (SSSR count). The fourth-order valence-corrected chi connectivity index (χ4v) is 1.73. The summed E-state index contributed by atoms with van der Waals surface area (Å²) in [5.41, 5.74) is 0.331. The van der Waals surface area contributed by atoms with Crippen LogP contribution in [0.4, 0.5) is 0 Å². The molecule has 2 saturated carbocycles. The third-order valence-electron chi connectivity index (χ3n) is 2.95. The first-order valence-corrected chi connectivity index (χ1v) is 5.32. The SMILES string of the molecule is C=C(CN(CC1CC1)C1CC1)C(=O)O. The van der Waals surface area contributed by atoms with E-state index in [0.29, 0.717) is 18.2 Å². The average Bonchev–Trinajstić information content (AvgIpc) is 2.98. The second-order valence-electron chi connectivity index (χ2n) is 4.51. The van der Waals surface area contributed by atoms with Gasteiger partial charge < -0.3 is 5.11 Å². The highest BCUT2D eigenvalue weighted by Gasteiger charge is 2.34. The third-order valence-corrected chi connectivity index (χ3v) is 2.95. The van der Waals surface area contributed by atoms with E-state index in [9.17, 15) is 4.79 Å². The average molecular weight is 195 g/mol. The molecule has 0 aromatic heterocycles. The summed E-state index contributed by atoms with van der Waals surface area (Å²) in [6.45, 7) is 5.22. The van der Waals surface area contributed by atoms with Gasteiger partial charge >= 0.3 is 5.97 Å². The van der Waals surface area contributed by atoms with E-state index < -0.39 is 5.97 Å². The van der Waals surface area contributed by atoms with Crippen molar-refractivity contribution < 1.29 is 9.90 Å². The van der Waals surface area contributed by atoms with Crippen molar-refractivity contribution in [2.24, 2.45) is 5.92 Å². The molecule has 0 aromatic rings. The lowest BCUT2D eigenvalue weighted by atomic mass is 10.2. The topological polar surface area (TPSA) is 40.5 Å². The van der Waals surface area contributed by atoms with Crippen molar-refractivity contribution >= 4 is 5.97 Å². The van der Waals surface area contributed by atoms with Crippen molar-refractivity contribution in [2.75, 3.05) is 13.1 Å². The summed E-state index contributed by atoms with van der Waals surface area (Å²) in [4.78, 5) is 13.0. The summed E-state index contributed by atoms with van der Waals surface area (Å²) in [5.74, 6) is -0.0244. The number of carboxylic acid groups (broad SMARTS) is 1. The van der Waals surface area contributed by atoms with E-state index in [4.69, 9.17) is 5.11 Å². The molecule has 2 fully saturated rings. The molecule has 0 atom stereocenters. The van der Waals surface area contributed by atoms with Crippen molar-refractivity contribution in [1.29, 1.82) is 0 Å². The van der Waals surface area contributed by atoms with Crippen molar-refractivity contribution in [2.45, 2.75) is 31.7 Å². The van der Waals surface area contributed by atoms with Crippen LogP contribution in [-0.4, -0.2) is 35.1 Å². The molecule has 78 valence electrons. The summed E-state index contributed by atoms with van der Waals surface area (Å²) in [5, 5.41) is 8.76. The predicted molar refractivity (Wildman–Crippen MR) is 54.1 cm³/mol. The van der Waals surface area contributed by atoms with Crippen LogP contribution in [0.15, 0.2) is 12.2 Å². The first-order chi connectivity index (χ1) is 6.66. The number of carboxylic acids is 1. The van der Waals surface area contributed by atoms with Crippen LogP contribution in [0.3, 0.4) is 0 Å². The monoisotopic (exact) mass is 195 g/mol. The first kappa shape index (κ1) is 9.71. The zero-order chi connectivity index (χ0) is 10.1. The van der Waals surface area contributed by atoms with E-state index in [-0.39, 0.29) is 0 Å². The van der Waals surface area contributed by atoms with E-state index >= 15 is 0 Å². The van der Waals surface area contributed by atoms with E-state index in [0.717, 1.165) is 12.5 Å². The smallest absolute Gasteiger partial charge is 0.332 e. The summed E-state index contributed by atoms with van der Waals surface area (Å²) in [7, 11) is 0. The normalized spacial score (nSPS) is 21.2. The van der Waals surface area contributed by atoms with Crippen LogP contribution in [0.1, 0.15) is 25.7 Å². The van der Waals surface area contributed by atoms with Gasteiger partial charge in [-0.2, -0.15) is 0 Å². The summed E-state index contributed by atoms with van der Waals surface area (Å²) in [6, 6.07) is 0.645. The van der Waals surface area contributed by atoms with Gasteiger partial charge in [0, 0.05) is 24.7 Å². The molecule has 2 aliphatic rings. The maximum Gasteiger partial charge on any atom is 0.332 e. The van der Waals surface area contributed by atoms with Crippen LogP contribution < -0.4 is 0 Å². The maximum atomic E-state index is 10.7. The van der Waals surface area contributed by atoms with Gasteiger partial charge in [0.1, 0.15) is 0 Å². The summed E-state index contributed by atoms with van der Waals surface area (Å²) >= 11 is 0. The Bertz CT molecular complexity index is 254. The molecule has 0 spiro atoms. The quantitative estimate of drug-likeness (QED) is 0.653. The Labute approximate surface area is 84.4 Å². The Morgan fingerprint density at radius 1 is 1.36 bits per heavy atom. The number of nitrogens with zero attached hydrogens (tertiary/aromatic N) is 1. The largest absolute Gasteiger partial charge is 0.478 e. The zero-order valence-corrected chi connectivity index (χ0v) is 8.41. The Balaban J connectivity index is 1.82. The van der Waals surface area contributed by atoms with E-state index in [2.05, 4.69) is 11.5 Å². The highest BCUT2D eigenvalue weighted by atomic mass is 16.4. The molecule has 0 saturated heterocycles. The number of aliphatic carboxylic acids is 1. The number of hydrogen-bond donors (Lipinski definition) is 1. The molecular weight excluding hydrogens is 178 g/mol. The van der Waals surface area contributed by atoms with Crippen molar-refractivity contribution in [3.63, 3.8) is 0 Å². The zero-order valence-electron chi connectivity index (χ0n) is 8.41. The molecule has 0 bridgehead atoms. The Morgan fingerprint density at radius 3 is 2.43 bits per heavy atom. The van der Waals surface area contributed by atoms with Gasteiger partial charge in [-0.15, -0.1) is 0 Å². The minimum atomic E-state index is -0.855. The highest BCUT2D eigenvalue weighted by molar-refractivity contribution is 5.86. The number of rotatable bonds is 6. The molecule has 0 aliphatic heterocycles. The van der Waals surface area contributed by atoms with Crippen molar-refractivity contribution in [3.8, 4) is 0 Å². The van der Waals surface area contributed by atoms with Crippen LogP contribution in [0.5, 0.6) is 0 Å². The van der Waals surface area contributed by atoms with E-state index in [1.54, 1.807) is 0 Å². The number of hydrogen-bond acceptors (Lipinski definition) is 2. The summed E-state index contributed by atoms with van der Waals surface area (Å²) < 4.78 is 0. The standard InChI is InChI=1S/C11H17NO2/c1-8(11(13)14)6-12(10-4-5-10)7-9-2-3-9/h9-10H,1-7H2,(H,13,14). The molecule has 2 aliphatic carbocycles. The van der Waals surface area contributed by atoms with Crippen LogP contribution in [0.25, 0.3) is 0 Å². The Morgan fingerprint density at radius 2 is 2.00 bits per heavy atom. The molecule has 14 heavy (non-hydrogen) atoms. The fourth-order valence-electron chi connectivity index (χ4n) is 1.73. The van der Waals surface area contributed by atoms with Gasteiger partial charge in [0.2, 0.25) is 0 Å². The molecule has 0 heterocycles. The summed E-state index contributed by atoms with van der Waals surface area (Å²) in [6.07, 6.45) is 5.12. The molecule has 0 radical (unpaired) electrons. The van der Waals surface area contributed by atoms with Gasteiger partial charge in [-0.05, 0) is 31.6 Å². The lowest BCUT2D eigenvalue weighted by Crippen LogP contribution is -2.31. The molecule has 3 heteroatoms. The van der Waals surface area contributed by atoms with Gasteiger partial charge in [0.25, 0.3) is 0 Å². The van der Waals surface area contributed by atoms with Gasteiger partial charge in [-0.1, -0.05) is 6.58 Å². The minimum absolute atomic E-state index is 0.331.